The highest BCUT2D eigenvalue weighted by atomic mass is 35.5. The lowest BCUT2D eigenvalue weighted by Gasteiger charge is -2.12. The molecule has 0 unspecified atom stereocenters. The molecule has 0 radical (unpaired) electrons. The lowest BCUT2D eigenvalue weighted by atomic mass is 10.2. The molecule has 3 rings (SSSR count). The van der Waals surface area contributed by atoms with Crippen LogP contribution in [0.15, 0.2) is 18.2 Å². The van der Waals surface area contributed by atoms with Gasteiger partial charge in [-0.25, -0.2) is 13.5 Å². The number of carbonyl (C=O) groups is 1. The van der Waals surface area contributed by atoms with Crippen LogP contribution in [-0.2, 0) is 12.8 Å². The van der Waals surface area contributed by atoms with E-state index in [9.17, 15) is 13.6 Å². The van der Waals surface area contributed by atoms with Gasteiger partial charge in [-0.2, -0.15) is 5.10 Å². The molecular formula is C18H23ClF2N4O. The van der Waals surface area contributed by atoms with Gasteiger partial charge in [0.2, 0.25) is 0 Å². The molecule has 0 spiro atoms. The zero-order valence-electron chi connectivity index (χ0n) is 14.8. The molecule has 1 aliphatic carbocycles. The Morgan fingerprint density at radius 3 is 2.77 bits per heavy atom. The van der Waals surface area contributed by atoms with Crippen LogP contribution in [0.3, 0.4) is 0 Å². The quantitative estimate of drug-likeness (QED) is 0.805. The average Bonchev–Trinajstić information content (AvgIpc) is 3.18. The van der Waals surface area contributed by atoms with Gasteiger partial charge in [0.05, 0.1) is 5.69 Å². The molecule has 142 valence electrons. The summed E-state index contributed by atoms with van der Waals surface area (Å²) in [6, 6.07) is 3.82. The van der Waals surface area contributed by atoms with Crippen molar-refractivity contribution in [1.82, 2.24) is 20.4 Å². The standard InChI is InChI=1S/C18H22F2N4O.ClH/c1-3-21-11(2)10-22-18(25)17-13-5-4-6-16(13)24(23-17)12-7-8-14(19)15(20)9-12;/h7-9,11,21H,3-6,10H2,1-2H3,(H,22,25);1H/t11-;/m1./s1. The third-order valence-corrected chi connectivity index (χ3v) is 4.41. The van der Waals surface area contributed by atoms with Crippen molar-refractivity contribution in [3.05, 3.63) is 46.8 Å². The van der Waals surface area contributed by atoms with Crippen LogP contribution in [0.5, 0.6) is 0 Å². The Morgan fingerprint density at radius 2 is 2.08 bits per heavy atom. The van der Waals surface area contributed by atoms with Crippen LogP contribution in [0, 0.1) is 11.6 Å². The van der Waals surface area contributed by atoms with Crippen LogP contribution < -0.4 is 10.6 Å². The molecule has 5 nitrogen and oxygen atoms in total. The van der Waals surface area contributed by atoms with Crippen molar-refractivity contribution in [2.24, 2.45) is 0 Å². The van der Waals surface area contributed by atoms with Gasteiger partial charge in [-0.3, -0.25) is 4.79 Å². The Labute approximate surface area is 157 Å². The summed E-state index contributed by atoms with van der Waals surface area (Å²) in [5.41, 5.74) is 2.60. The van der Waals surface area contributed by atoms with Crippen molar-refractivity contribution in [2.75, 3.05) is 13.1 Å². The third-order valence-electron chi connectivity index (χ3n) is 4.41. The minimum absolute atomic E-state index is 0. The van der Waals surface area contributed by atoms with E-state index in [1.54, 1.807) is 4.68 Å². The van der Waals surface area contributed by atoms with Gasteiger partial charge >= 0.3 is 0 Å². The van der Waals surface area contributed by atoms with Gasteiger partial charge in [-0.15, -0.1) is 12.4 Å². The number of rotatable bonds is 6. The van der Waals surface area contributed by atoms with E-state index in [0.29, 0.717) is 17.9 Å². The number of hydrogen-bond donors (Lipinski definition) is 2. The summed E-state index contributed by atoms with van der Waals surface area (Å²) in [6.07, 6.45) is 2.46. The SMILES string of the molecule is CCN[C@H](C)CNC(=O)c1nn(-c2ccc(F)c(F)c2)c2c1CCC2.Cl. The zero-order valence-corrected chi connectivity index (χ0v) is 15.6. The first kappa shape index (κ1) is 20.3. The van der Waals surface area contributed by atoms with Gasteiger partial charge < -0.3 is 10.6 Å². The van der Waals surface area contributed by atoms with Gasteiger partial charge in [0, 0.05) is 29.9 Å². The molecular weight excluding hydrogens is 362 g/mol. The zero-order chi connectivity index (χ0) is 18.0. The molecule has 0 fully saturated rings. The minimum atomic E-state index is -0.926. The number of aromatic nitrogens is 2. The Bertz CT molecular complexity index is 794. The van der Waals surface area contributed by atoms with Crippen LogP contribution in [0.25, 0.3) is 5.69 Å². The van der Waals surface area contributed by atoms with Crippen LogP contribution in [-0.4, -0.2) is 34.8 Å². The molecule has 1 amide bonds. The molecule has 1 aromatic heterocycles. The van der Waals surface area contributed by atoms with Gasteiger partial charge in [-0.1, -0.05) is 6.92 Å². The number of fused-ring (bicyclic) bond motifs is 1. The molecule has 0 bridgehead atoms. The van der Waals surface area contributed by atoms with E-state index in [2.05, 4.69) is 15.7 Å². The largest absolute Gasteiger partial charge is 0.349 e. The minimum Gasteiger partial charge on any atom is -0.349 e. The van der Waals surface area contributed by atoms with Crippen LogP contribution in [0.4, 0.5) is 8.78 Å². The summed E-state index contributed by atoms with van der Waals surface area (Å²) >= 11 is 0. The van der Waals surface area contributed by atoms with Gasteiger partial charge in [0.1, 0.15) is 0 Å². The van der Waals surface area contributed by atoms with Crippen LogP contribution in [0.1, 0.15) is 42.0 Å². The molecule has 0 saturated carbocycles. The van der Waals surface area contributed by atoms with E-state index >= 15 is 0 Å². The topological polar surface area (TPSA) is 58.9 Å². The number of nitrogens with zero attached hydrogens (tertiary/aromatic N) is 2. The summed E-state index contributed by atoms with van der Waals surface area (Å²) in [6.45, 7) is 5.33. The Balaban J connectivity index is 0.00000243. The van der Waals surface area contributed by atoms with Crippen molar-refractivity contribution >= 4 is 18.3 Å². The van der Waals surface area contributed by atoms with E-state index in [0.717, 1.165) is 49.2 Å². The molecule has 1 aromatic carbocycles. The second-order valence-electron chi connectivity index (χ2n) is 6.31. The maximum atomic E-state index is 13.6. The molecule has 26 heavy (non-hydrogen) atoms. The van der Waals surface area contributed by atoms with E-state index in [4.69, 9.17) is 0 Å². The second-order valence-corrected chi connectivity index (χ2v) is 6.31. The van der Waals surface area contributed by atoms with Crippen molar-refractivity contribution in [3.63, 3.8) is 0 Å². The Kier molecular flexibility index (Phi) is 6.72. The average molecular weight is 385 g/mol. The predicted octanol–water partition coefficient (Wildman–Crippen LogP) is 2.79. The fourth-order valence-corrected chi connectivity index (χ4v) is 3.20. The van der Waals surface area contributed by atoms with Crippen molar-refractivity contribution in [3.8, 4) is 5.69 Å². The first-order chi connectivity index (χ1) is 12.0. The Morgan fingerprint density at radius 1 is 1.31 bits per heavy atom. The molecule has 0 saturated heterocycles. The van der Waals surface area contributed by atoms with Gasteiger partial charge in [0.25, 0.3) is 5.91 Å². The Hall–Kier alpha value is -1.99. The highest BCUT2D eigenvalue weighted by molar-refractivity contribution is 5.94. The maximum Gasteiger partial charge on any atom is 0.272 e. The van der Waals surface area contributed by atoms with Crippen molar-refractivity contribution in [1.29, 1.82) is 0 Å². The lowest BCUT2D eigenvalue weighted by molar-refractivity contribution is 0.0944. The summed E-state index contributed by atoms with van der Waals surface area (Å²) in [7, 11) is 0. The number of hydrogen-bond acceptors (Lipinski definition) is 3. The first-order valence-electron chi connectivity index (χ1n) is 8.59. The number of likely N-dealkylation sites (N-methyl/N-ethyl adjacent to an activating group) is 1. The highest BCUT2D eigenvalue weighted by Gasteiger charge is 2.27. The predicted molar refractivity (Wildman–Crippen MR) is 98.2 cm³/mol. The number of nitrogens with one attached hydrogen (secondary N) is 2. The third kappa shape index (κ3) is 4.04. The number of benzene rings is 1. The molecule has 1 aliphatic rings. The smallest absolute Gasteiger partial charge is 0.272 e. The fourth-order valence-electron chi connectivity index (χ4n) is 3.20. The van der Waals surface area contributed by atoms with E-state index in [1.807, 2.05) is 13.8 Å². The summed E-state index contributed by atoms with van der Waals surface area (Å²) in [5, 5.41) is 10.5. The lowest BCUT2D eigenvalue weighted by Crippen LogP contribution is -2.39. The maximum absolute atomic E-state index is 13.6. The fraction of sp³-hybridized carbons (Fsp3) is 0.444. The van der Waals surface area contributed by atoms with E-state index in [1.165, 1.54) is 6.07 Å². The van der Waals surface area contributed by atoms with E-state index < -0.39 is 11.6 Å². The number of carbonyl (C=O) groups excluding carboxylic acids is 1. The molecule has 0 aliphatic heterocycles. The monoisotopic (exact) mass is 384 g/mol. The summed E-state index contributed by atoms with van der Waals surface area (Å²) in [4.78, 5) is 12.5. The number of amides is 1. The molecule has 2 aromatic rings. The normalized spacial score (nSPS) is 13.8. The molecule has 2 N–H and O–H groups in total. The molecule has 1 atom stereocenters. The van der Waals surface area contributed by atoms with Crippen molar-refractivity contribution < 1.29 is 13.6 Å². The number of halogens is 3. The van der Waals surface area contributed by atoms with Crippen LogP contribution >= 0.6 is 12.4 Å². The van der Waals surface area contributed by atoms with Gasteiger partial charge in [0.15, 0.2) is 17.3 Å². The first-order valence-corrected chi connectivity index (χ1v) is 8.59. The highest BCUT2D eigenvalue weighted by Crippen LogP contribution is 2.28. The van der Waals surface area contributed by atoms with E-state index in [-0.39, 0.29) is 24.4 Å². The van der Waals surface area contributed by atoms with Gasteiger partial charge in [-0.05, 0) is 44.9 Å². The summed E-state index contributed by atoms with van der Waals surface area (Å²) in [5.74, 6) is -2.06. The second kappa shape index (κ2) is 8.60. The van der Waals surface area contributed by atoms with Crippen molar-refractivity contribution in [2.45, 2.75) is 39.2 Å². The summed E-state index contributed by atoms with van der Waals surface area (Å²) < 4.78 is 28.3. The van der Waals surface area contributed by atoms with Crippen LogP contribution in [0.2, 0.25) is 0 Å². The molecule has 8 heteroatoms. The molecule has 1 heterocycles.